The topological polar surface area (TPSA) is 205 Å². The summed E-state index contributed by atoms with van der Waals surface area (Å²) in [5.41, 5.74) is 7.79. The number of carbonyl (C=O) groups excluding carboxylic acids is 5. The van der Waals surface area contributed by atoms with Crippen LogP contribution in [0.2, 0.25) is 0 Å². The number of fused-ring (bicyclic) bond motifs is 5. The van der Waals surface area contributed by atoms with Gasteiger partial charge in [-0.1, -0.05) is 12.1 Å². The molecule has 20 heteroatoms. The average molecular weight is 1030 g/mol. The normalized spacial score (nSPS) is 20.7. The lowest BCUT2D eigenvalue weighted by Gasteiger charge is -2.39. The Morgan fingerprint density at radius 1 is 0.882 bits per heavy atom. The summed E-state index contributed by atoms with van der Waals surface area (Å²) in [6, 6.07) is 15.9. The Morgan fingerprint density at radius 3 is 2.42 bits per heavy atom. The van der Waals surface area contributed by atoms with Gasteiger partial charge in [0, 0.05) is 112 Å². The molecule has 0 bridgehead atoms. The molecule has 5 amide bonds. The van der Waals surface area contributed by atoms with Crippen molar-refractivity contribution in [3.05, 3.63) is 100.0 Å². The first-order chi connectivity index (χ1) is 36.7. The number of piperazine rings is 1. The third-order valence-corrected chi connectivity index (χ3v) is 16.7. The molecular weight excluding hydrogens is 972 g/mol. The van der Waals surface area contributed by atoms with Gasteiger partial charge in [0.1, 0.15) is 17.5 Å². The first-order valence-electron chi connectivity index (χ1n) is 26.5. The zero-order chi connectivity index (χ0) is 52.7. The summed E-state index contributed by atoms with van der Waals surface area (Å²) in [6.07, 6.45) is 7.02. The van der Waals surface area contributed by atoms with Crippen molar-refractivity contribution in [2.24, 2.45) is 13.0 Å². The maximum atomic E-state index is 16.7. The van der Waals surface area contributed by atoms with E-state index in [1.165, 1.54) is 13.2 Å². The molecule has 394 valence electrons. The molecule has 7 aromatic rings. The van der Waals surface area contributed by atoms with Gasteiger partial charge in [0.2, 0.25) is 11.8 Å². The quantitative estimate of drug-likeness (QED) is 0.126. The number of anilines is 1. The number of H-pyrrole nitrogens is 1. The lowest BCUT2D eigenvalue weighted by molar-refractivity contribution is -0.136. The summed E-state index contributed by atoms with van der Waals surface area (Å²) in [5, 5.41) is 11.6. The first-order valence-corrected chi connectivity index (χ1v) is 26.5. The largest absolute Gasteiger partial charge is 0.453 e. The van der Waals surface area contributed by atoms with Crippen LogP contribution in [0.15, 0.2) is 71.8 Å². The van der Waals surface area contributed by atoms with Crippen LogP contribution in [0.4, 0.5) is 14.9 Å². The molecule has 4 aromatic heterocycles. The van der Waals surface area contributed by atoms with E-state index in [4.69, 9.17) is 9.72 Å². The lowest BCUT2D eigenvalue weighted by Crippen LogP contribution is -2.52. The molecule has 12 rings (SSSR count). The monoisotopic (exact) mass is 1030 g/mol. The van der Waals surface area contributed by atoms with Gasteiger partial charge in [-0.25, -0.2) is 19.0 Å². The summed E-state index contributed by atoms with van der Waals surface area (Å²) in [4.78, 5) is 94.6. The minimum Gasteiger partial charge on any atom is -0.453 e. The van der Waals surface area contributed by atoms with Crippen LogP contribution in [0.25, 0.3) is 55.4 Å². The summed E-state index contributed by atoms with van der Waals surface area (Å²) < 4.78 is 26.9. The summed E-state index contributed by atoms with van der Waals surface area (Å²) in [7, 11) is 3.06. The minimum absolute atomic E-state index is 0.00636. The average Bonchev–Trinajstić information content (AvgIpc) is 4.36. The van der Waals surface area contributed by atoms with Crippen LogP contribution in [-0.2, 0) is 27.9 Å². The number of likely N-dealkylation sites (tertiary alicyclic amines) is 1. The van der Waals surface area contributed by atoms with Crippen molar-refractivity contribution in [2.45, 2.75) is 89.5 Å². The highest BCUT2D eigenvalue weighted by atomic mass is 19.1. The highest BCUT2D eigenvalue weighted by Crippen LogP contribution is 2.44. The minimum atomic E-state index is -0.645. The second kappa shape index (κ2) is 19.4. The van der Waals surface area contributed by atoms with Crippen LogP contribution in [0.1, 0.15) is 97.2 Å². The van der Waals surface area contributed by atoms with Gasteiger partial charge in [0.05, 0.1) is 52.7 Å². The number of aromatic nitrogens is 6. The molecule has 19 nitrogen and oxygen atoms in total. The number of rotatable bonds is 10. The van der Waals surface area contributed by atoms with Gasteiger partial charge in [0.15, 0.2) is 0 Å². The highest BCUT2D eigenvalue weighted by molar-refractivity contribution is 6.15. The van der Waals surface area contributed by atoms with Gasteiger partial charge in [0.25, 0.3) is 11.8 Å². The van der Waals surface area contributed by atoms with Crippen molar-refractivity contribution in [3.63, 3.8) is 0 Å². The van der Waals surface area contributed by atoms with Crippen molar-refractivity contribution >= 4 is 68.4 Å². The number of carbonyl (C=O) groups is 5. The molecule has 0 radical (unpaired) electrons. The second-order valence-electron chi connectivity index (χ2n) is 21.5. The predicted octanol–water partition coefficient (Wildman–Crippen LogP) is 6.51. The van der Waals surface area contributed by atoms with E-state index in [0.29, 0.717) is 90.1 Å². The SMILES string of the molecule is COC(=O)N[C@@H]1CC[C@@H](n2c(=O)n(C)c3cnc4[nH]c(-c5ccc(C(=O)N6CCC(CN7CCN(c8ccc9c(c8)CN(C8CCC(=O)NC8=O)C9=O)CC7)CC6)c(F)c5)c(-c5ccc6c(cnn6C(C)C)c5)c4c32)C1. The Morgan fingerprint density at radius 2 is 1.67 bits per heavy atom. The Labute approximate surface area is 436 Å². The molecule has 8 heterocycles. The van der Waals surface area contributed by atoms with Gasteiger partial charge in [-0.15, -0.1) is 0 Å². The summed E-state index contributed by atoms with van der Waals surface area (Å²) in [6.45, 7) is 9.83. The van der Waals surface area contributed by atoms with Gasteiger partial charge in [-0.2, -0.15) is 5.10 Å². The predicted molar refractivity (Wildman–Crippen MR) is 283 cm³/mol. The number of imidazole rings is 1. The number of aromatic amines is 1. The fourth-order valence-corrected chi connectivity index (χ4v) is 12.6. The van der Waals surface area contributed by atoms with Crippen molar-refractivity contribution in [1.82, 2.24) is 54.2 Å². The number of benzene rings is 3. The van der Waals surface area contributed by atoms with Gasteiger partial charge in [-0.3, -0.25) is 43.2 Å². The van der Waals surface area contributed by atoms with E-state index in [0.717, 1.165) is 78.8 Å². The maximum Gasteiger partial charge on any atom is 0.407 e. The van der Waals surface area contributed by atoms with E-state index in [-0.39, 0.29) is 53.5 Å². The van der Waals surface area contributed by atoms with E-state index in [2.05, 4.69) is 56.5 Å². The molecule has 3 atom stereocenters. The number of nitrogens with one attached hydrogen (secondary N) is 3. The van der Waals surface area contributed by atoms with E-state index in [1.807, 2.05) is 39.7 Å². The number of methoxy groups -OCH3 is 1. The number of alkyl carbamates (subject to hydrolysis) is 1. The van der Waals surface area contributed by atoms with Crippen LogP contribution in [0.5, 0.6) is 0 Å². The third kappa shape index (κ3) is 8.55. The molecule has 3 aromatic carbocycles. The standard InChI is InChI=1S/C56H61FN12O7/c1-31(2)69-43-12-6-33(23-35(43)27-59-69)47-48-50-45(63(3)56(75)68(50)39-8-7-37(26-39)60-55(74)76-4)28-58-51(48)62-49(47)34-5-10-41(42(57)25-34)53(72)66-17-15-32(16-18-66)29-64-19-21-65(22-20-64)38-9-11-40-36(24-38)30-67(54(40)73)44-13-14-46(70)61-52(44)71/h5-6,9-12,23-25,27-28,31-32,37,39,44H,7-8,13-22,26,29-30H2,1-4H3,(H,58,62)(H,60,74)(H,61,70,71)/t37-,39-,44?/m1/s1. The zero-order valence-electron chi connectivity index (χ0n) is 43.1. The van der Waals surface area contributed by atoms with Crippen LogP contribution in [-0.4, -0.2) is 138 Å². The number of ether oxygens (including phenoxy) is 1. The fraction of sp³-hybridized carbons (Fsp3) is 0.429. The van der Waals surface area contributed by atoms with Crippen LogP contribution >= 0.6 is 0 Å². The molecule has 3 N–H and O–H groups in total. The maximum absolute atomic E-state index is 16.7. The fourth-order valence-electron chi connectivity index (χ4n) is 12.6. The van der Waals surface area contributed by atoms with Crippen molar-refractivity contribution < 1.29 is 33.1 Å². The molecule has 1 aliphatic carbocycles. The number of halogens is 1. The molecule has 1 unspecified atom stereocenters. The van der Waals surface area contributed by atoms with Crippen LogP contribution in [0, 0.1) is 11.7 Å². The number of imide groups is 1. The summed E-state index contributed by atoms with van der Waals surface area (Å²) in [5.74, 6) is -1.48. The van der Waals surface area contributed by atoms with Crippen molar-refractivity contribution in [2.75, 3.05) is 57.8 Å². The molecule has 0 spiro atoms. The number of amides is 5. The molecule has 76 heavy (non-hydrogen) atoms. The Hall–Kier alpha value is -7.87. The van der Waals surface area contributed by atoms with E-state index < -0.39 is 23.9 Å². The zero-order valence-corrected chi connectivity index (χ0v) is 43.1. The third-order valence-electron chi connectivity index (χ3n) is 16.7. The van der Waals surface area contributed by atoms with Gasteiger partial charge in [-0.05, 0) is 112 Å². The van der Waals surface area contributed by atoms with Crippen LogP contribution < -0.4 is 21.2 Å². The summed E-state index contributed by atoms with van der Waals surface area (Å²) >= 11 is 0. The van der Waals surface area contributed by atoms with Gasteiger partial charge < -0.3 is 29.7 Å². The molecule has 5 aliphatic rings. The lowest BCUT2D eigenvalue weighted by atomic mass is 9.94. The van der Waals surface area contributed by atoms with E-state index in [9.17, 15) is 28.8 Å². The molecular formula is C56H61FN12O7. The number of aryl methyl sites for hydroxylation is 1. The number of hydrogen-bond donors (Lipinski definition) is 3. The molecule has 3 saturated heterocycles. The number of nitrogens with zero attached hydrogens (tertiary/aromatic N) is 9. The van der Waals surface area contributed by atoms with Crippen molar-refractivity contribution in [3.8, 4) is 22.4 Å². The second-order valence-corrected chi connectivity index (χ2v) is 21.5. The first kappa shape index (κ1) is 49.0. The van der Waals surface area contributed by atoms with E-state index >= 15 is 4.39 Å². The number of piperidine rings is 2. The number of pyridine rings is 1. The van der Waals surface area contributed by atoms with Crippen LogP contribution in [0.3, 0.4) is 0 Å². The Kier molecular flexibility index (Phi) is 12.5. The Balaban J connectivity index is 0.749. The smallest absolute Gasteiger partial charge is 0.407 e. The molecule has 4 aliphatic heterocycles. The molecule has 1 saturated carbocycles. The molecule has 4 fully saturated rings. The van der Waals surface area contributed by atoms with Crippen molar-refractivity contribution in [1.29, 1.82) is 0 Å². The highest BCUT2D eigenvalue weighted by Gasteiger charge is 2.40. The van der Waals surface area contributed by atoms with E-state index in [1.54, 1.807) is 39.7 Å². The number of hydrogen-bond acceptors (Lipinski definition) is 11. The Bertz CT molecular complexity index is 3580. The van der Waals surface area contributed by atoms with Gasteiger partial charge >= 0.3 is 11.8 Å².